The fourth-order valence-electron chi connectivity index (χ4n) is 2.64. The Morgan fingerprint density at radius 1 is 1.07 bits per heavy atom. The fraction of sp³-hybridized carbons (Fsp3) is 0.316. The number of halogens is 1. The maximum absolute atomic E-state index is 13.1. The number of amides is 1. The summed E-state index contributed by atoms with van der Waals surface area (Å²) in [4.78, 5) is 12.4. The Balaban J connectivity index is 2.08. The first-order valence-electron chi connectivity index (χ1n) is 8.34. The van der Waals surface area contributed by atoms with Crippen LogP contribution in [0.3, 0.4) is 0 Å². The average molecular weight is 394 g/mol. The van der Waals surface area contributed by atoms with E-state index in [1.165, 1.54) is 24.3 Å². The van der Waals surface area contributed by atoms with Crippen molar-refractivity contribution in [3.05, 3.63) is 65.5 Å². The van der Waals surface area contributed by atoms with E-state index < -0.39 is 21.9 Å². The monoisotopic (exact) mass is 394 g/mol. The van der Waals surface area contributed by atoms with Gasteiger partial charge < -0.3 is 10.1 Å². The lowest BCUT2D eigenvalue weighted by atomic mass is 10.0. The average Bonchev–Trinajstić information content (AvgIpc) is 2.60. The molecule has 2 rings (SSSR count). The van der Waals surface area contributed by atoms with Crippen molar-refractivity contribution < 1.29 is 22.3 Å². The van der Waals surface area contributed by atoms with Gasteiger partial charge in [-0.2, -0.15) is 0 Å². The van der Waals surface area contributed by atoms with Gasteiger partial charge in [0.1, 0.15) is 11.6 Å². The predicted molar refractivity (Wildman–Crippen MR) is 101 cm³/mol. The van der Waals surface area contributed by atoms with Gasteiger partial charge in [-0.15, -0.1) is 0 Å². The molecule has 8 heteroatoms. The Hall–Kier alpha value is -2.45. The Labute approximate surface area is 158 Å². The number of carbonyl (C=O) groups excluding carboxylic acids is 1. The van der Waals surface area contributed by atoms with E-state index in [1.54, 1.807) is 19.2 Å². The molecule has 0 aliphatic heterocycles. The summed E-state index contributed by atoms with van der Waals surface area (Å²) in [5.41, 5.74) is 1.40. The highest BCUT2D eigenvalue weighted by Gasteiger charge is 2.21. The van der Waals surface area contributed by atoms with E-state index in [0.717, 1.165) is 11.8 Å². The molecule has 0 saturated heterocycles. The third-order valence-corrected chi connectivity index (χ3v) is 4.72. The molecule has 0 aliphatic rings. The zero-order valence-electron chi connectivity index (χ0n) is 15.4. The molecule has 27 heavy (non-hydrogen) atoms. The standard InChI is InChI=1S/C19H23FN2O4S/c1-13(14-6-10-17(26-2)11-7-14)21-19(23)12-18(22-27(3,24)25)15-4-8-16(20)9-5-15/h4-11,13,18,22H,12H2,1-3H3,(H,21,23)/t13-,18+/m1/s1. The molecule has 0 saturated carbocycles. The van der Waals surface area contributed by atoms with Crippen LogP contribution in [0.2, 0.25) is 0 Å². The van der Waals surface area contributed by atoms with Gasteiger partial charge in [0, 0.05) is 6.42 Å². The summed E-state index contributed by atoms with van der Waals surface area (Å²) in [6.07, 6.45) is 0.903. The van der Waals surface area contributed by atoms with Gasteiger partial charge in [-0.25, -0.2) is 17.5 Å². The highest BCUT2D eigenvalue weighted by atomic mass is 32.2. The van der Waals surface area contributed by atoms with E-state index in [-0.39, 0.29) is 18.4 Å². The lowest BCUT2D eigenvalue weighted by Gasteiger charge is -2.20. The number of methoxy groups -OCH3 is 1. The maximum Gasteiger partial charge on any atom is 0.222 e. The molecule has 146 valence electrons. The quantitative estimate of drug-likeness (QED) is 0.721. The predicted octanol–water partition coefficient (Wildman–Crippen LogP) is 2.69. The molecule has 0 heterocycles. The van der Waals surface area contributed by atoms with E-state index in [4.69, 9.17) is 4.74 Å². The van der Waals surface area contributed by atoms with Crippen LogP contribution in [-0.2, 0) is 14.8 Å². The van der Waals surface area contributed by atoms with E-state index in [2.05, 4.69) is 10.0 Å². The zero-order chi connectivity index (χ0) is 20.0. The minimum absolute atomic E-state index is 0.112. The highest BCUT2D eigenvalue weighted by molar-refractivity contribution is 7.88. The van der Waals surface area contributed by atoms with Crippen molar-refractivity contribution in [2.75, 3.05) is 13.4 Å². The number of ether oxygens (including phenoxy) is 1. The Bertz CT molecular complexity index is 868. The van der Waals surface area contributed by atoms with Crippen LogP contribution in [-0.4, -0.2) is 27.7 Å². The zero-order valence-corrected chi connectivity index (χ0v) is 16.2. The van der Waals surface area contributed by atoms with Crippen molar-refractivity contribution in [2.45, 2.75) is 25.4 Å². The van der Waals surface area contributed by atoms with Gasteiger partial charge in [-0.3, -0.25) is 4.79 Å². The van der Waals surface area contributed by atoms with E-state index in [9.17, 15) is 17.6 Å². The molecule has 0 aromatic heterocycles. The van der Waals surface area contributed by atoms with Crippen LogP contribution in [0.4, 0.5) is 4.39 Å². The van der Waals surface area contributed by atoms with Gasteiger partial charge in [-0.1, -0.05) is 24.3 Å². The second kappa shape index (κ2) is 8.96. The summed E-state index contributed by atoms with van der Waals surface area (Å²) in [6, 6.07) is 11.6. The van der Waals surface area contributed by atoms with Gasteiger partial charge in [0.2, 0.25) is 15.9 Å². The van der Waals surface area contributed by atoms with Crippen LogP contribution in [0, 0.1) is 5.82 Å². The first-order chi connectivity index (χ1) is 12.7. The molecule has 2 N–H and O–H groups in total. The van der Waals surface area contributed by atoms with Gasteiger partial charge >= 0.3 is 0 Å². The van der Waals surface area contributed by atoms with Crippen molar-refractivity contribution in [3.8, 4) is 5.75 Å². The number of benzene rings is 2. The Morgan fingerprint density at radius 2 is 1.63 bits per heavy atom. The van der Waals surface area contributed by atoms with E-state index in [0.29, 0.717) is 11.3 Å². The topological polar surface area (TPSA) is 84.5 Å². The van der Waals surface area contributed by atoms with Crippen molar-refractivity contribution in [3.63, 3.8) is 0 Å². The maximum atomic E-state index is 13.1. The van der Waals surface area contributed by atoms with Crippen molar-refractivity contribution in [1.82, 2.24) is 10.0 Å². The van der Waals surface area contributed by atoms with Crippen LogP contribution >= 0.6 is 0 Å². The summed E-state index contributed by atoms with van der Waals surface area (Å²) in [7, 11) is -1.98. The van der Waals surface area contributed by atoms with Crippen LogP contribution in [0.15, 0.2) is 48.5 Å². The third kappa shape index (κ3) is 6.65. The van der Waals surface area contributed by atoms with Crippen LogP contribution in [0.25, 0.3) is 0 Å². The third-order valence-electron chi connectivity index (χ3n) is 4.01. The minimum atomic E-state index is -3.55. The summed E-state index contributed by atoms with van der Waals surface area (Å²) < 4.78 is 43.9. The molecule has 0 fully saturated rings. The first-order valence-corrected chi connectivity index (χ1v) is 10.2. The van der Waals surface area contributed by atoms with Crippen LogP contribution in [0.1, 0.15) is 36.6 Å². The molecular weight excluding hydrogens is 371 g/mol. The van der Waals surface area contributed by atoms with Gasteiger partial charge in [0.15, 0.2) is 0 Å². The smallest absolute Gasteiger partial charge is 0.222 e. The van der Waals surface area contributed by atoms with Gasteiger partial charge in [0.25, 0.3) is 0 Å². The molecule has 0 spiro atoms. The molecule has 0 radical (unpaired) electrons. The number of nitrogens with one attached hydrogen (secondary N) is 2. The fourth-order valence-corrected chi connectivity index (χ4v) is 3.38. The SMILES string of the molecule is COc1ccc([C@@H](C)NC(=O)C[C@H](NS(C)(=O)=O)c2ccc(F)cc2)cc1. The van der Waals surface area contributed by atoms with E-state index in [1.807, 2.05) is 19.1 Å². The normalized spacial score (nSPS) is 13.6. The second-order valence-corrected chi connectivity index (χ2v) is 8.04. The molecule has 6 nitrogen and oxygen atoms in total. The Kier molecular flexibility index (Phi) is 6.92. The molecule has 2 atom stereocenters. The summed E-state index contributed by atoms with van der Waals surface area (Å²) in [5, 5.41) is 2.84. The molecule has 0 unspecified atom stereocenters. The summed E-state index contributed by atoms with van der Waals surface area (Å²) in [6.45, 7) is 1.83. The minimum Gasteiger partial charge on any atom is -0.497 e. The first kappa shape index (κ1) is 20.9. The number of sulfonamides is 1. The number of carbonyl (C=O) groups is 1. The molecule has 1 amide bonds. The largest absolute Gasteiger partial charge is 0.497 e. The molecule has 2 aromatic rings. The highest BCUT2D eigenvalue weighted by Crippen LogP contribution is 2.21. The number of rotatable bonds is 8. The molecule has 2 aromatic carbocycles. The lowest BCUT2D eigenvalue weighted by Crippen LogP contribution is -2.34. The summed E-state index contributed by atoms with van der Waals surface area (Å²) in [5.74, 6) is -0.0516. The van der Waals surface area contributed by atoms with Gasteiger partial charge in [0.05, 0.1) is 25.4 Å². The van der Waals surface area contributed by atoms with Crippen LogP contribution in [0.5, 0.6) is 5.75 Å². The van der Waals surface area contributed by atoms with Crippen molar-refractivity contribution in [2.24, 2.45) is 0 Å². The molecule has 0 aliphatic carbocycles. The van der Waals surface area contributed by atoms with E-state index >= 15 is 0 Å². The summed E-state index contributed by atoms with van der Waals surface area (Å²) >= 11 is 0. The molecular formula is C19H23FN2O4S. The molecule has 0 bridgehead atoms. The van der Waals surface area contributed by atoms with Crippen molar-refractivity contribution in [1.29, 1.82) is 0 Å². The number of hydrogen-bond acceptors (Lipinski definition) is 4. The van der Waals surface area contributed by atoms with Crippen LogP contribution < -0.4 is 14.8 Å². The second-order valence-electron chi connectivity index (χ2n) is 6.26. The number of hydrogen-bond donors (Lipinski definition) is 2. The lowest BCUT2D eigenvalue weighted by molar-refractivity contribution is -0.122. The van der Waals surface area contributed by atoms with Gasteiger partial charge in [-0.05, 0) is 42.3 Å². The van der Waals surface area contributed by atoms with Crippen molar-refractivity contribution >= 4 is 15.9 Å². The Morgan fingerprint density at radius 3 is 2.15 bits per heavy atom.